The number of carbonyl (C=O) groups is 2. The molecule has 0 bridgehead atoms. The molecule has 5 heteroatoms. The third kappa shape index (κ3) is 2.20. The van der Waals surface area contributed by atoms with E-state index in [2.05, 4.69) is 4.98 Å². The Kier molecular flexibility index (Phi) is 3.15. The summed E-state index contributed by atoms with van der Waals surface area (Å²) in [5.74, 6) is 0.159. The predicted molar refractivity (Wildman–Crippen MR) is 87.5 cm³/mol. The Balaban J connectivity index is 1.66. The van der Waals surface area contributed by atoms with Gasteiger partial charge in [-0.3, -0.25) is 14.6 Å². The highest BCUT2D eigenvalue weighted by Gasteiger charge is 2.30. The van der Waals surface area contributed by atoms with Gasteiger partial charge in [0.2, 0.25) is 5.91 Å². The highest BCUT2D eigenvalue weighted by atomic mass is 16.2. The van der Waals surface area contributed by atoms with Crippen LogP contribution in [0.2, 0.25) is 0 Å². The Bertz CT molecular complexity index is 816. The fourth-order valence-corrected chi connectivity index (χ4v) is 3.35. The number of rotatable bonds is 2. The summed E-state index contributed by atoms with van der Waals surface area (Å²) in [7, 11) is 0. The van der Waals surface area contributed by atoms with Gasteiger partial charge in [0.25, 0.3) is 5.91 Å². The second-order valence-corrected chi connectivity index (χ2v) is 6.01. The third-order valence-electron chi connectivity index (χ3n) is 4.53. The van der Waals surface area contributed by atoms with Crippen LogP contribution in [-0.2, 0) is 11.3 Å². The van der Waals surface area contributed by atoms with Crippen molar-refractivity contribution >= 4 is 23.2 Å². The first kappa shape index (κ1) is 13.9. The van der Waals surface area contributed by atoms with Crippen molar-refractivity contribution < 1.29 is 9.59 Å². The van der Waals surface area contributed by atoms with Crippen molar-refractivity contribution in [1.29, 1.82) is 0 Å². The zero-order chi connectivity index (χ0) is 16.0. The van der Waals surface area contributed by atoms with Gasteiger partial charge >= 0.3 is 0 Å². The topological polar surface area (TPSA) is 53.5 Å². The fraction of sp³-hybridized carbons (Fsp3) is 0.278. The number of aromatic nitrogens is 1. The van der Waals surface area contributed by atoms with Gasteiger partial charge in [0.05, 0.1) is 17.8 Å². The van der Waals surface area contributed by atoms with Crippen molar-refractivity contribution in [3.63, 3.8) is 0 Å². The largest absolute Gasteiger partial charge is 0.312 e. The van der Waals surface area contributed by atoms with Gasteiger partial charge < -0.3 is 9.80 Å². The van der Waals surface area contributed by atoms with Crippen molar-refractivity contribution in [2.24, 2.45) is 0 Å². The average molecular weight is 307 g/mol. The molecule has 2 amide bonds. The van der Waals surface area contributed by atoms with Crippen molar-refractivity contribution in [2.45, 2.75) is 26.3 Å². The number of nitrogens with zero attached hydrogens (tertiary/aromatic N) is 3. The Morgan fingerprint density at radius 1 is 1.13 bits per heavy atom. The Hall–Kier alpha value is -2.69. The molecule has 116 valence electrons. The van der Waals surface area contributed by atoms with Crippen LogP contribution in [-0.4, -0.2) is 23.3 Å². The van der Waals surface area contributed by atoms with Gasteiger partial charge in [-0.2, -0.15) is 0 Å². The molecule has 5 nitrogen and oxygen atoms in total. The van der Waals surface area contributed by atoms with Crippen LogP contribution in [0.15, 0.2) is 36.5 Å². The Labute approximate surface area is 134 Å². The van der Waals surface area contributed by atoms with Crippen LogP contribution in [0.25, 0.3) is 0 Å². The van der Waals surface area contributed by atoms with Crippen molar-refractivity contribution in [1.82, 2.24) is 4.98 Å². The standard InChI is InChI=1S/C18H17N3O2/c1-12-10-13(6-7-16(12)20-9-3-5-17(20)22)21-11-15-14(18(21)23)4-2-8-19-15/h2,4,6-8,10H,3,5,9,11H2,1H3. The fourth-order valence-electron chi connectivity index (χ4n) is 3.35. The first-order valence-electron chi connectivity index (χ1n) is 7.82. The number of anilines is 2. The molecular formula is C18H17N3O2. The monoisotopic (exact) mass is 307 g/mol. The average Bonchev–Trinajstić information content (AvgIpc) is 3.12. The summed E-state index contributed by atoms with van der Waals surface area (Å²) in [6.45, 7) is 3.25. The summed E-state index contributed by atoms with van der Waals surface area (Å²) in [6.07, 6.45) is 3.24. The number of benzene rings is 1. The van der Waals surface area contributed by atoms with Gasteiger partial charge in [0, 0.05) is 30.5 Å². The van der Waals surface area contributed by atoms with Crippen LogP contribution in [0.4, 0.5) is 11.4 Å². The van der Waals surface area contributed by atoms with Gasteiger partial charge in [-0.25, -0.2) is 0 Å². The molecule has 1 aromatic carbocycles. The third-order valence-corrected chi connectivity index (χ3v) is 4.53. The summed E-state index contributed by atoms with van der Waals surface area (Å²) >= 11 is 0. The highest BCUT2D eigenvalue weighted by Crippen LogP contribution is 2.32. The summed E-state index contributed by atoms with van der Waals surface area (Å²) in [5.41, 5.74) is 4.28. The number of fused-ring (bicyclic) bond motifs is 1. The first-order chi connectivity index (χ1) is 11.1. The van der Waals surface area contributed by atoms with Gasteiger partial charge in [-0.15, -0.1) is 0 Å². The van der Waals surface area contributed by atoms with E-state index in [0.717, 1.165) is 35.6 Å². The molecule has 23 heavy (non-hydrogen) atoms. The van der Waals surface area contributed by atoms with E-state index in [1.165, 1.54) is 0 Å². The minimum atomic E-state index is -0.0162. The van der Waals surface area contributed by atoms with Gasteiger partial charge in [-0.05, 0) is 49.2 Å². The van der Waals surface area contributed by atoms with E-state index >= 15 is 0 Å². The number of aryl methyl sites for hydroxylation is 1. The van der Waals surface area contributed by atoms with E-state index < -0.39 is 0 Å². The minimum absolute atomic E-state index is 0.0162. The Morgan fingerprint density at radius 3 is 2.70 bits per heavy atom. The number of carbonyl (C=O) groups excluding carboxylic acids is 2. The highest BCUT2D eigenvalue weighted by molar-refractivity contribution is 6.09. The second kappa shape index (κ2) is 5.19. The molecule has 4 rings (SSSR count). The quantitative estimate of drug-likeness (QED) is 0.857. The molecule has 1 aromatic heterocycles. The summed E-state index contributed by atoms with van der Waals surface area (Å²) < 4.78 is 0. The van der Waals surface area contributed by atoms with Crippen molar-refractivity contribution in [3.8, 4) is 0 Å². The van der Waals surface area contributed by atoms with Crippen LogP contribution < -0.4 is 9.80 Å². The van der Waals surface area contributed by atoms with E-state index in [1.807, 2.05) is 36.1 Å². The summed E-state index contributed by atoms with van der Waals surface area (Å²) in [6, 6.07) is 9.43. The van der Waals surface area contributed by atoms with Gasteiger partial charge in [-0.1, -0.05) is 0 Å². The Morgan fingerprint density at radius 2 is 2.00 bits per heavy atom. The summed E-state index contributed by atoms with van der Waals surface area (Å²) in [5, 5.41) is 0. The smallest absolute Gasteiger partial charge is 0.260 e. The zero-order valence-electron chi connectivity index (χ0n) is 13.0. The molecule has 0 unspecified atom stereocenters. The molecule has 1 fully saturated rings. The van der Waals surface area contributed by atoms with E-state index in [1.54, 1.807) is 17.2 Å². The number of hydrogen-bond donors (Lipinski definition) is 0. The van der Waals surface area contributed by atoms with Crippen LogP contribution in [0, 0.1) is 6.92 Å². The van der Waals surface area contributed by atoms with E-state index in [4.69, 9.17) is 0 Å². The maximum atomic E-state index is 12.5. The molecule has 2 aliphatic heterocycles. The molecule has 0 saturated carbocycles. The van der Waals surface area contributed by atoms with Gasteiger partial charge in [0.15, 0.2) is 0 Å². The minimum Gasteiger partial charge on any atom is -0.312 e. The van der Waals surface area contributed by atoms with Gasteiger partial charge in [0.1, 0.15) is 0 Å². The molecule has 0 atom stereocenters. The predicted octanol–water partition coefficient (Wildman–Crippen LogP) is 2.68. The SMILES string of the molecule is Cc1cc(N2Cc3ncccc3C2=O)ccc1N1CCCC1=O. The van der Waals surface area contributed by atoms with Crippen LogP contribution in [0.1, 0.15) is 34.5 Å². The first-order valence-corrected chi connectivity index (χ1v) is 7.82. The lowest BCUT2D eigenvalue weighted by Gasteiger charge is -2.21. The lowest BCUT2D eigenvalue weighted by atomic mass is 10.1. The molecule has 0 N–H and O–H groups in total. The maximum Gasteiger partial charge on any atom is 0.260 e. The molecule has 0 aliphatic carbocycles. The number of hydrogen-bond acceptors (Lipinski definition) is 3. The molecule has 0 spiro atoms. The second-order valence-electron chi connectivity index (χ2n) is 6.01. The van der Waals surface area contributed by atoms with E-state index in [9.17, 15) is 9.59 Å². The normalized spacial score (nSPS) is 17.1. The lowest BCUT2D eigenvalue weighted by molar-refractivity contribution is -0.117. The zero-order valence-corrected chi connectivity index (χ0v) is 13.0. The van der Waals surface area contributed by atoms with Crippen LogP contribution >= 0.6 is 0 Å². The number of amides is 2. The summed E-state index contributed by atoms with van der Waals surface area (Å²) in [4.78, 5) is 32.3. The molecule has 1 saturated heterocycles. The van der Waals surface area contributed by atoms with E-state index in [-0.39, 0.29) is 11.8 Å². The van der Waals surface area contributed by atoms with Crippen molar-refractivity contribution in [3.05, 3.63) is 53.3 Å². The van der Waals surface area contributed by atoms with Crippen LogP contribution in [0.5, 0.6) is 0 Å². The molecule has 2 aromatic rings. The van der Waals surface area contributed by atoms with E-state index in [0.29, 0.717) is 18.5 Å². The van der Waals surface area contributed by atoms with Crippen molar-refractivity contribution in [2.75, 3.05) is 16.3 Å². The van der Waals surface area contributed by atoms with Crippen LogP contribution in [0.3, 0.4) is 0 Å². The maximum absolute atomic E-state index is 12.5. The molecular weight excluding hydrogens is 290 g/mol. The number of pyridine rings is 1. The molecule has 0 radical (unpaired) electrons. The lowest BCUT2D eigenvalue weighted by Crippen LogP contribution is -2.26. The molecule has 3 heterocycles. The molecule has 2 aliphatic rings.